The highest BCUT2D eigenvalue weighted by atomic mass is 35.5. The maximum absolute atomic E-state index is 14.3. The number of esters is 3. The Hall–Kier alpha value is -2.71. The van der Waals surface area contributed by atoms with Crippen molar-refractivity contribution in [1.29, 1.82) is 0 Å². The number of halogens is 1. The first kappa shape index (κ1) is 45.8. The molecule has 59 heavy (non-hydrogen) atoms. The van der Waals surface area contributed by atoms with Gasteiger partial charge in [0.2, 0.25) is 0 Å². The number of ketones is 1. The summed E-state index contributed by atoms with van der Waals surface area (Å²) in [6.45, 7) is 28.2. The van der Waals surface area contributed by atoms with Crippen LogP contribution in [0, 0.1) is 56.2 Å². The molecule has 9 atom stereocenters. The third-order valence-electron chi connectivity index (χ3n) is 16.7. The second-order valence-electron chi connectivity index (χ2n) is 22.6. The van der Waals surface area contributed by atoms with Crippen LogP contribution in [0.15, 0.2) is 35.4 Å². The molecule has 0 amide bonds. The Morgan fingerprint density at radius 2 is 1.53 bits per heavy atom. The number of nitrogens with one attached hydrogen (secondary N) is 1. The third kappa shape index (κ3) is 8.09. The van der Waals surface area contributed by atoms with Gasteiger partial charge in [-0.15, -0.1) is 0 Å². The van der Waals surface area contributed by atoms with Crippen molar-refractivity contribution in [2.75, 3.05) is 6.54 Å². The summed E-state index contributed by atoms with van der Waals surface area (Å²) in [6.07, 6.45) is 7.42. The molecule has 9 heteroatoms. The predicted molar refractivity (Wildman–Crippen MR) is 232 cm³/mol. The summed E-state index contributed by atoms with van der Waals surface area (Å²) < 4.78 is 18.3. The van der Waals surface area contributed by atoms with Gasteiger partial charge in [0.1, 0.15) is 17.8 Å². The van der Waals surface area contributed by atoms with Crippen molar-refractivity contribution in [3.8, 4) is 0 Å². The molecule has 0 spiro atoms. The fraction of sp³-hybridized carbons (Fsp3) is 0.760. The maximum Gasteiger partial charge on any atom is 0.312 e. The molecule has 0 aromatic heterocycles. The molecule has 0 heterocycles. The Labute approximate surface area is 360 Å². The maximum atomic E-state index is 14.3. The summed E-state index contributed by atoms with van der Waals surface area (Å²) in [5.41, 5.74) is 0.984. The number of carbonyl (C=O) groups is 4. The van der Waals surface area contributed by atoms with Gasteiger partial charge in [0.05, 0.1) is 11.8 Å². The standard InChI is InChI=1S/C50H74ClNO7/c1-30(2)41-35(54)26-50(39(57-31(3)53)29-52-28-32-14-16-33(51)17-15-32)25-24-48(12)34(42(41)50)18-19-37-47(11)22-21-38(46(9,10)36(47)20-23-49(37,48)13)58-40(55)27-45(7,8)43(56)59-44(4,5)6/h14-17,30,34,36-39,52H,18-29H2,1-13H3/t34-,36+,37-,38+,39+,47+,48-,49-,50+/m1/s1. The van der Waals surface area contributed by atoms with Gasteiger partial charge in [-0.25, -0.2) is 0 Å². The first-order valence-corrected chi connectivity index (χ1v) is 22.9. The van der Waals surface area contributed by atoms with Crippen LogP contribution in [0.25, 0.3) is 0 Å². The average Bonchev–Trinajstić information content (AvgIpc) is 3.42. The molecule has 0 aliphatic heterocycles. The SMILES string of the molecule is CC(=O)O[C@@H](CNCc1ccc(Cl)cc1)[C@@]12CC[C@]3(C)[C@H](CC[C@@H]4[C@@]5(C)CC[C@H](OC(=O)CC(C)(C)C(=O)OC(C)(C)C)C(C)(C)[C@@H]5CC[C@]43C)C1=C(C(C)C)C(=O)C2. The van der Waals surface area contributed by atoms with E-state index in [1.54, 1.807) is 13.8 Å². The van der Waals surface area contributed by atoms with Crippen LogP contribution in [-0.4, -0.2) is 48.0 Å². The van der Waals surface area contributed by atoms with Crippen LogP contribution >= 0.6 is 11.6 Å². The van der Waals surface area contributed by atoms with E-state index in [0.717, 1.165) is 62.5 Å². The van der Waals surface area contributed by atoms with Crippen molar-refractivity contribution in [3.63, 3.8) is 0 Å². The zero-order valence-corrected chi connectivity index (χ0v) is 39.3. The number of benzene rings is 1. The molecule has 1 aromatic rings. The summed E-state index contributed by atoms with van der Waals surface area (Å²) in [5.74, 6) is 0.307. The third-order valence-corrected chi connectivity index (χ3v) is 17.0. The first-order valence-electron chi connectivity index (χ1n) is 22.5. The smallest absolute Gasteiger partial charge is 0.312 e. The normalized spacial score (nSPS) is 34.6. The molecule has 4 fully saturated rings. The minimum atomic E-state index is -0.989. The minimum absolute atomic E-state index is 0.0220. The number of hydrogen-bond donors (Lipinski definition) is 1. The lowest BCUT2D eigenvalue weighted by molar-refractivity contribution is -0.235. The highest BCUT2D eigenvalue weighted by Crippen LogP contribution is 2.77. The van der Waals surface area contributed by atoms with Crippen LogP contribution in [0.2, 0.25) is 5.02 Å². The highest BCUT2D eigenvalue weighted by Gasteiger charge is 2.71. The molecule has 328 valence electrons. The van der Waals surface area contributed by atoms with Crippen molar-refractivity contribution in [1.82, 2.24) is 5.32 Å². The Kier molecular flexibility index (Phi) is 12.3. The molecule has 0 unspecified atom stereocenters. The summed E-state index contributed by atoms with van der Waals surface area (Å²) in [6, 6.07) is 7.79. The van der Waals surface area contributed by atoms with Crippen LogP contribution in [-0.2, 0) is 39.9 Å². The summed E-state index contributed by atoms with van der Waals surface area (Å²) >= 11 is 6.16. The molecule has 4 saturated carbocycles. The zero-order valence-electron chi connectivity index (χ0n) is 38.5. The Bertz CT molecular complexity index is 1840. The molecular formula is C50H74ClNO7. The van der Waals surface area contributed by atoms with E-state index in [1.807, 2.05) is 45.0 Å². The molecule has 8 nitrogen and oxygen atoms in total. The van der Waals surface area contributed by atoms with Crippen LogP contribution in [0.3, 0.4) is 0 Å². The number of hydrogen-bond acceptors (Lipinski definition) is 8. The van der Waals surface area contributed by atoms with E-state index >= 15 is 0 Å². The summed E-state index contributed by atoms with van der Waals surface area (Å²) in [7, 11) is 0. The van der Waals surface area contributed by atoms with Gasteiger partial charge in [0, 0.05) is 42.3 Å². The van der Waals surface area contributed by atoms with Gasteiger partial charge in [-0.05, 0) is 155 Å². The van der Waals surface area contributed by atoms with Crippen molar-refractivity contribution < 1.29 is 33.4 Å². The summed E-state index contributed by atoms with van der Waals surface area (Å²) in [4.78, 5) is 53.8. The number of Topliss-reactive ketones (excluding diaryl/α,β-unsaturated/α-hetero) is 1. The lowest BCUT2D eigenvalue weighted by Gasteiger charge is -2.72. The number of rotatable bonds is 11. The molecule has 6 rings (SSSR count). The fourth-order valence-electron chi connectivity index (χ4n) is 13.8. The first-order chi connectivity index (χ1) is 27.2. The number of ether oxygens (including phenoxy) is 3. The van der Waals surface area contributed by atoms with E-state index in [-0.39, 0.29) is 69.7 Å². The van der Waals surface area contributed by atoms with Gasteiger partial charge in [0.25, 0.3) is 0 Å². The lowest BCUT2D eigenvalue weighted by Crippen LogP contribution is -2.66. The monoisotopic (exact) mass is 836 g/mol. The molecule has 1 N–H and O–H groups in total. The zero-order chi connectivity index (χ0) is 43.7. The van der Waals surface area contributed by atoms with Crippen molar-refractivity contribution in [3.05, 3.63) is 46.0 Å². The Morgan fingerprint density at radius 3 is 2.14 bits per heavy atom. The van der Waals surface area contributed by atoms with Gasteiger partial charge in [-0.3, -0.25) is 19.2 Å². The van der Waals surface area contributed by atoms with Crippen molar-refractivity contribution in [2.24, 2.45) is 56.2 Å². The van der Waals surface area contributed by atoms with Gasteiger partial charge in [0.15, 0.2) is 5.78 Å². The molecule has 5 aliphatic carbocycles. The second-order valence-corrected chi connectivity index (χ2v) is 23.0. The van der Waals surface area contributed by atoms with Gasteiger partial charge in [-0.2, -0.15) is 0 Å². The molecule has 0 bridgehead atoms. The lowest BCUT2D eigenvalue weighted by atomic mass is 9.33. The van der Waals surface area contributed by atoms with Crippen LogP contribution in [0.5, 0.6) is 0 Å². The molecule has 0 radical (unpaired) electrons. The van der Waals surface area contributed by atoms with E-state index < -0.39 is 22.5 Å². The topological polar surface area (TPSA) is 108 Å². The number of allylic oxidation sites excluding steroid dienone is 1. The highest BCUT2D eigenvalue weighted by molar-refractivity contribution is 6.30. The van der Waals surface area contributed by atoms with Gasteiger partial charge in [-0.1, -0.05) is 72.2 Å². The van der Waals surface area contributed by atoms with Crippen LogP contribution in [0.1, 0.15) is 160 Å². The molecule has 5 aliphatic rings. The van der Waals surface area contributed by atoms with E-state index in [0.29, 0.717) is 36.4 Å². The van der Waals surface area contributed by atoms with Crippen LogP contribution in [0.4, 0.5) is 0 Å². The van der Waals surface area contributed by atoms with E-state index in [9.17, 15) is 19.2 Å². The summed E-state index contributed by atoms with van der Waals surface area (Å²) in [5, 5.41) is 4.29. The predicted octanol–water partition coefficient (Wildman–Crippen LogP) is 11.0. The quantitative estimate of drug-likeness (QED) is 0.173. The Balaban J connectivity index is 1.26. The van der Waals surface area contributed by atoms with E-state index in [1.165, 1.54) is 12.5 Å². The second kappa shape index (κ2) is 15.9. The molecule has 1 aromatic carbocycles. The number of carbonyl (C=O) groups excluding carboxylic acids is 4. The van der Waals surface area contributed by atoms with Crippen molar-refractivity contribution in [2.45, 2.75) is 179 Å². The Morgan fingerprint density at radius 1 is 0.864 bits per heavy atom. The van der Waals surface area contributed by atoms with Crippen molar-refractivity contribution >= 4 is 35.3 Å². The van der Waals surface area contributed by atoms with Gasteiger partial charge < -0.3 is 19.5 Å². The fourth-order valence-corrected chi connectivity index (χ4v) is 13.9. The average molecular weight is 837 g/mol. The van der Waals surface area contributed by atoms with Gasteiger partial charge >= 0.3 is 17.9 Å². The largest absolute Gasteiger partial charge is 0.462 e. The molecule has 0 saturated heterocycles. The number of fused-ring (bicyclic) bond motifs is 7. The van der Waals surface area contributed by atoms with E-state index in [2.05, 4.69) is 53.8 Å². The van der Waals surface area contributed by atoms with E-state index in [4.69, 9.17) is 25.8 Å². The molecular weight excluding hydrogens is 762 g/mol. The van der Waals surface area contributed by atoms with Crippen LogP contribution < -0.4 is 5.32 Å². The minimum Gasteiger partial charge on any atom is -0.462 e.